The zero-order chi connectivity index (χ0) is 20.1. The van der Waals surface area contributed by atoms with E-state index in [4.69, 9.17) is 9.47 Å². The number of carbonyl (C=O) groups is 1. The van der Waals surface area contributed by atoms with E-state index in [-0.39, 0.29) is 18.3 Å². The molecule has 6 nitrogen and oxygen atoms in total. The van der Waals surface area contributed by atoms with Crippen molar-refractivity contribution in [3.63, 3.8) is 0 Å². The van der Waals surface area contributed by atoms with Crippen molar-refractivity contribution < 1.29 is 18.7 Å². The van der Waals surface area contributed by atoms with Crippen molar-refractivity contribution in [2.45, 2.75) is 13.1 Å². The highest BCUT2D eigenvalue weighted by Crippen LogP contribution is 2.22. The molecule has 1 aromatic heterocycles. The number of amides is 2. The monoisotopic (exact) mass is 385 g/mol. The lowest BCUT2D eigenvalue weighted by molar-refractivity contribution is 0.188. The van der Waals surface area contributed by atoms with Crippen LogP contribution in [-0.4, -0.2) is 43.4 Å². The number of fused-ring (bicyclic) bond motifs is 1. The molecular formula is C21H24FN3O3. The van der Waals surface area contributed by atoms with E-state index in [1.165, 1.54) is 18.1 Å². The normalized spacial score (nSPS) is 10.9. The number of urea groups is 1. The number of rotatable bonds is 7. The van der Waals surface area contributed by atoms with Gasteiger partial charge in [0.1, 0.15) is 0 Å². The lowest BCUT2D eigenvalue weighted by Crippen LogP contribution is -2.30. The Labute approximate surface area is 163 Å². The average molecular weight is 385 g/mol. The Morgan fingerprint density at radius 1 is 1.18 bits per heavy atom. The smallest absolute Gasteiger partial charge is 0.321 e. The largest absolute Gasteiger partial charge is 0.494 e. The quantitative estimate of drug-likeness (QED) is 0.666. The first-order chi connectivity index (χ1) is 13.5. The summed E-state index contributed by atoms with van der Waals surface area (Å²) in [4.78, 5) is 14.0. The van der Waals surface area contributed by atoms with Crippen LogP contribution in [0.25, 0.3) is 10.9 Å². The molecular weight excluding hydrogens is 361 g/mol. The summed E-state index contributed by atoms with van der Waals surface area (Å²) in [5.41, 5.74) is 2.47. The summed E-state index contributed by atoms with van der Waals surface area (Å²) in [7, 11) is 4.76. The van der Waals surface area contributed by atoms with Crippen molar-refractivity contribution in [1.29, 1.82) is 0 Å². The molecule has 0 saturated carbocycles. The van der Waals surface area contributed by atoms with Crippen molar-refractivity contribution in [1.82, 2.24) is 9.47 Å². The summed E-state index contributed by atoms with van der Waals surface area (Å²) in [6.07, 6.45) is 2.00. The van der Waals surface area contributed by atoms with E-state index in [0.29, 0.717) is 17.9 Å². The molecule has 0 radical (unpaired) electrons. The number of hydrogen-bond donors (Lipinski definition) is 1. The molecule has 0 atom stereocenters. The highest BCUT2D eigenvalue weighted by Gasteiger charge is 2.12. The second-order valence-corrected chi connectivity index (χ2v) is 6.53. The Morgan fingerprint density at radius 2 is 2.00 bits per heavy atom. The number of nitrogens with zero attached hydrogens (tertiary/aromatic N) is 2. The molecule has 28 heavy (non-hydrogen) atoms. The molecule has 2 aromatic carbocycles. The molecule has 0 aliphatic rings. The van der Waals surface area contributed by atoms with Gasteiger partial charge < -0.3 is 24.3 Å². The van der Waals surface area contributed by atoms with Gasteiger partial charge in [-0.3, -0.25) is 0 Å². The molecule has 1 N–H and O–H groups in total. The van der Waals surface area contributed by atoms with Crippen LogP contribution in [-0.2, 0) is 17.8 Å². The van der Waals surface area contributed by atoms with Crippen LogP contribution in [0, 0.1) is 5.82 Å². The zero-order valence-corrected chi connectivity index (χ0v) is 16.2. The summed E-state index contributed by atoms with van der Waals surface area (Å²) in [5.74, 6) is -0.265. The highest BCUT2D eigenvalue weighted by atomic mass is 19.1. The number of halogens is 1. The lowest BCUT2D eigenvalue weighted by atomic mass is 10.2. The van der Waals surface area contributed by atoms with E-state index in [2.05, 4.69) is 9.88 Å². The number of aromatic nitrogens is 1. The fraction of sp³-hybridized carbons (Fsp3) is 0.286. The summed E-state index contributed by atoms with van der Waals surface area (Å²) >= 11 is 0. The fourth-order valence-corrected chi connectivity index (χ4v) is 3.04. The Morgan fingerprint density at radius 3 is 2.71 bits per heavy atom. The minimum Gasteiger partial charge on any atom is -0.494 e. The molecule has 0 aliphatic heterocycles. The van der Waals surface area contributed by atoms with Crippen molar-refractivity contribution in [2.24, 2.45) is 0 Å². The van der Waals surface area contributed by atoms with Crippen molar-refractivity contribution in [3.8, 4) is 5.75 Å². The number of ether oxygens (including phenoxy) is 2. The standard InChI is InChI=1S/C21H24FN3O3/c1-24(14-15-4-7-20(28-3)18(22)12-15)21(26)23-17-5-6-19-16(13-17)8-9-25(19)10-11-27-2/h4-9,12-13H,10-11,14H2,1-3H3,(H,23,26). The minimum absolute atomic E-state index is 0.182. The third kappa shape index (κ3) is 4.43. The van der Waals surface area contributed by atoms with E-state index in [9.17, 15) is 9.18 Å². The van der Waals surface area contributed by atoms with Crippen LogP contribution < -0.4 is 10.1 Å². The van der Waals surface area contributed by atoms with Gasteiger partial charge in [-0.05, 0) is 42.0 Å². The van der Waals surface area contributed by atoms with Crippen LogP contribution in [0.4, 0.5) is 14.9 Å². The zero-order valence-electron chi connectivity index (χ0n) is 16.2. The highest BCUT2D eigenvalue weighted by molar-refractivity contribution is 5.92. The van der Waals surface area contributed by atoms with Crippen LogP contribution in [0.15, 0.2) is 48.7 Å². The maximum atomic E-state index is 13.8. The molecule has 3 aromatic rings. The molecule has 3 rings (SSSR count). The summed E-state index contributed by atoms with van der Waals surface area (Å²) in [5, 5.41) is 3.91. The molecule has 2 amide bonds. The average Bonchev–Trinajstić information content (AvgIpc) is 3.08. The van der Waals surface area contributed by atoms with Crippen LogP contribution in [0.3, 0.4) is 0 Å². The second-order valence-electron chi connectivity index (χ2n) is 6.53. The predicted molar refractivity (Wildman–Crippen MR) is 107 cm³/mol. The van der Waals surface area contributed by atoms with Crippen molar-refractivity contribution in [2.75, 3.05) is 33.2 Å². The Kier molecular flexibility index (Phi) is 6.16. The Balaban J connectivity index is 1.65. The Hall–Kier alpha value is -3.06. The van der Waals surface area contributed by atoms with Gasteiger partial charge in [0.05, 0.1) is 13.7 Å². The van der Waals surface area contributed by atoms with Gasteiger partial charge in [0.25, 0.3) is 0 Å². The molecule has 0 fully saturated rings. The molecule has 0 aliphatic carbocycles. The number of benzene rings is 2. The maximum absolute atomic E-state index is 13.8. The number of methoxy groups -OCH3 is 2. The lowest BCUT2D eigenvalue weighted by Gasteiger charge is -2.18. The van der Waals surface area contributed by atoms with E-state index in [1.54, 1.807) is 26.3 Å². The van der Waals surface area contributed by atoms with E-state index in [1.807, 2.05) is 30.5 Å². The van der Waals surface area contributed by atoms with Gasteiger partial charge in [-0.1, -0.05) is 6.07 Å². The van der Waals surface area contributed by atoms with E-state index < -0.39 is 5.82 Å². The minimum atomic E-state index is -0.447. The van der Waals surface area contributed by atoms with Gasteiger partial charge in [-0.25, -0.2) is 9.18 Å². The van der Waals surface area contributed by atoms with Crippen LogP contribution in [0.1, 0.15) is 5.56 Å². The molecule has 0 spiro atoms. The third-order valence-electron chi connectivity index (χ3n) is 4.54. The first-order valence-electron chi connectivity index (χ1n) is 8.94. The third-order valence-corrected chi connectivity index (χ3v) is 4.54. The fourth-order valence-electron chi connectivity index (χ4n) is 3.04. The van der Waals surface area contributed by atoms with Gasteiger partial charge in [0.2, 0.25) is 0 Å². The maximum Gasteiger partial charge on any atom is 0.321 e. The number of anilines is 1. The first kappa shape index (κ1) is 19.7. The first-order valence-corrected chi connectivity index (χ1v) is 8.94. The van der Waals surface area contributed by atoms with Crippen molar-refractivity contribution in [3.05, 3.63) is 60.0 Å². The molecule has 148 valence electrons. The molecule has 0 saturated heterocycles. The number of hydrogen-bond acceptors (Lipinski definition) is 3. The predicted octanol–water partition coefficient (Wildman–Crippen LogP) is 4.10. The van der Waals surface area contributed by atoms with Gasteiger partial charge >= 0.3 is 6.03 Å². The molecule has 1 heterocycles. The number of nitrogens with one attached hydrogen (secondary N) is 1. The van der Waals surface area contributed by atoms with Gasteiger partial charge in [-0.15, -0.1) is 0 Å². The molecule has 7 heteroatoms. The Bertz CT molecular complexity index is 971. The van der Waals surface area contributed by atoms with Crippen LogP contribution in [0.5, 0.6) is 5.75 Å². The molecule has 0 bridgehead atoms. The van der Waals surface area contributed by atoms with Gasteiger partial charge in [0.15, 0.2) is 11.6 Å². The molecule has 0 unspecified atom stereocenters. The summed E-state index contributed by atoms with van der Waals surface area (Å²) < 4.78 is 26.0. The summed E-state index contributed by atoms with van der Waals surface area (Å²) in [6, 6.07) is 12.2. The van der Waals surface area contributed by atoms with Crippen LogP contribution in [0.2, 0.25) is 0 Å². The topological polar surface area (TPSA) is 55.7 Å². The van der Waals surface area contributed by atoms with Gasteiger partial charge in [-0.2, -0.15) is 0 Å². The van der Waals surface area contributed by atoms with Gasteiger partial charge in [0, 0.05) is 50.0 Å². The van der Waals surface area contributed by atoms with Crippen molar-refractivity contribution >= 4 is 22.6 Å². The van der Waals surface area contributed by atoms with Crippen LogP contribution >= 0.6 is 0 Å². The van der Waals surface area contributed by atoms with E-state index >= 15 is 0 Å². The van der Waals surface area contributed by atoms with E-state index in [0.717, 1.165) is 17.4 Å². The second kappa shape index (κ2) is 8.75. The SMILES string of the molecule is COCCn1ccc2cc(NC(=O)N(C)Cc3ccc(OC)c(F)c3)ccc21. The summed E-state index contributed by atoms with van der Waals surface area (Å²) in [6.45, 7) is 1.69. The number of carbonyl (C=O) groups excluding carboxylic acids is 1.